The minimum absolute atomic E-state index is 0.217. The number of ether oxygens (including phenoxy) is 3. The third-order valence-corrected chi connectivity index (χ3v) is 3.26. The zero-order valence-corrected chi connectivity index (χ0v) is 16.2. The molecule has 0 radical (unpaired) electrons. The molecule has 0 saturated carbocycles. The van der Waals surface area contributed by atoms with Crippen molar-refractivity contribution in [2.45, 2.75) is 91.1 Å². The number of rotatable bonds is 13. The Morgan fingerprint density at radius 3 is 1.72 bits per heavy atom. The van der Waals surface area contributed by atoms with Gasteiger partial charge in [0, 0.05) is 6.42 Å². The lowest BCUT2D eigenvalue weighted by Gasteiger charge is -2.19. The molecule has 0 rings (SSSR count). The van der Waals surface area contributed by atoms with Crippen molar-refractivity contribution in [1.82, 2.24) is 0 Å². The highest BCUT2D eigenvalue weighted by Crippen LogP contribution is 2.10. The second-order valence-corrected chi connectivity index (χ2v) is 7.08. The van der Waals surface area contributed by atoms with Gasteiger partial charge in [-0.15, -0.1) is 0 Å². The summed E-state index contributed by atoms with van der Waals surface area (Å²) in [5, 5.41) is 0. The Kier molecular flexibility index (Phi) is 12.8. The van der Waals surface area contributed by atoms with Gasteiger partial charge in [0.05, 0.1) is 13.2 Å². The van der Waals surface area contributed by atoms with E-state index in [4.69, 9.17) is 14.2 Å². The van der Waals surface area contributed by atoms with Gasteiger partial charge in [0.1, 0.15) is 12.0 Å². The first-order valence-corrected chi connectivity index (χ1v) is 9.27. The molecule has 25 heavy (non-hydrogen) atoms. The van der Waals surface area contributed by atoms with Crippen LogP contribution in [-0.2, 0) is 28.6 Å². The molecule has 0 saturated heterocycles. The molecule has 0 fully saturated rings. The number of unbranched alkanes of at least 4 members (excludes halogenated alkanes) is 5. The van der Waals surface area contributed by atoms with Gasteiger partial charge in [0.2, 0.25) is 0 Å². The van der Waals surface area contributed by atoms with Gasteiger partial charge in [-0.2, -0.15) is 0 Å². The van der Waals surface area contributed by atoms with Crippen LogP contribution in [0.2, 0.25) is 0 Å². The Morgan fingerprint density at radius 2 is 1.24 bits per heavy atom. The number of carbonyl (C=O) groups is 3. The summed E-state index contributed by atoms with van der Waals surface area (Å²) >= 11 is 0. The van der Waals surface area contributed by atoms with Crippen LogP contribution in [0.15, 0.2) is 0 Å². The summed E-state index contributed by atoms with van der Waals surface area (Å²) in [6.07, 6.45) is 6.21. The third-order valence-electron chi connectivity index (χ3n) is 3.26. The molecule has 0 spiro atoms. The first kappa shape index (κ1) is 23.4. The molecule has 0 heterocycles. The van der Waals surface area contributed by atoms with Gasteiger partial charge >= 0.3 is 17.9 Å². The van der Waals surface area contributed by atoms with Crippen LogP contribution in [0.4, 0.5) is 0 Å². The van der Waals surface area contributed by atoms with Crippen LogP contribution in [0.3, 0.4) is 0 Å². The summed E-state index contributed by atoms with van der Waals surface area (Å²) in [7, 11) is 0. The maximum absolute atomic E-state index is 11.5. The lowest BCUT2D eigenvalue weighted by atomic mass is 10.1. The van der Waals surface area contributed by atoms with E-state index in [1.807, 2.05) is 20.8 Å². The van der Waals surface area contributed by atoms with Gasteiger partial charge in [-0.1, -0.05) is 26.2 Å². The number of esters is 3. The Labute approximate surface area is 151 Å². The lowest BCUT2D eigenvalue weighted by molar-refractivity contribution is -0.156. The van der Waals surface area contributed by atoms with E-state index in [1.54, 1.807) is 0 Å². The van der Waals surface area contributed by atoms with Gasteiger partial charge in [0.25, 0.3) is 0 Å². The molecular formula is C19H34O6. The average molecular weight is 358 g/mol. The van der Waals surface area contributed by atoms with Gasteiger partial charge in [0.15, 0.2) is 0 Å². The second-order valence-electron chi connectivity index (χ2n) is 7.08. The Balaban J connectivity index is 3.54. The normalized spacial score (nSPS) is 11.0. The Hall–Kier alpha value is -1.59. The van der Waals surface area contributed by atoms with Crippen molar-refractivity contribution in [1.29, 1.82) is 0 Å². The standard InChI is InChI=1S/C19H34O6/c1-5-6-7-10-13-23-17(21)15-18(22)24-14-11-8-9-12-16(20)25-19(2,3)4/h5-15H2,1-4H3. The maximum atomic E-state index is 11.5. The summed E-state index contributed by atoms with van der Waals surface area (Å²) in [6, 6.07) is 0. The van der Waals surface area contributed by atoms with Crippen LogP contribution in [0.25, 0.3) is 0 Å². The third kappa shape index (κ3) is 17.0. The maximum Gasteiger partial charge on any atom is 0.317 e. The highest BCUT2D eigenvalue weighted by molar-refractivity contribution is 5.91. The number of carbonyl (C=O) groups excluding carboxylic acids is 3. The summed E-state index contributed by atoms with van der Waals surface area (Å²) in [4.78, 5) is 34.4. The molecule has 146 valence electrons. The van der Waals surface area contributed by atoms with Crippen molar-refractivity contribution in [2.24, 2.45) is 0 Å². The molecule has 0 aliphatic rings. The first-order valence-electron chi connectivity index (χ1n) is 9.27. The molecule has 0 aromatic heterocycles. The van der Waals surface area contributed by atoms with Crippen LogP contribution >= 0.6 is 0 Å². The minimum atomic E-state index is -0.564. The lowest BCUT2D eigenvalue weighted by Crippen LogP contribution is -2.23. The highest BCUT2D eigenvalue weighted by Gasteiger charge is 2.15. The van der Waals surface area contributed by atoms with Crippen molar-refractivity contribution in [3.63, 3.8) is 0 Å². The molecule has 0 aromatic rings. The van der Waals surface area contributed by atoms with Crippen molar-refractivity contribution in [3.8, 4) is 0 Å². The van der Waals surface area contributed by atoms with Crippen molar-refractivity contribution >= 4 is 17.9 Å². The molecule has 0 bridgehead atoms. The molecule has 0 aliphatic carbocycles. The summed E-state index contributed by atoms with van der Waals surface area (Å²) in [5.41, 5.74) is -0.461. The van der Waals surface area contributed by atoms with E-state index in [9.17, 15) is 14.4 Å². The van der Waals surface area contributed by atoms with Crippen LogP contribution in [0, 0.1) is 0 Å². The fourth-order valence-corrected chi connectivity index (χ4v) is 2.06. The van der Waals surface area contributed by atoms with Crippen LogP contribution in [0.1, 0.15) is 85.5 Å². The minimum Gasteiger partial charge on any atom is -0.465 e. The Bertz CT molecular complexity index is 397. The zero-order chi connectivity index (χ0) is 19.1. The Morgan fingerprint density at radius 1 is 0.720 bits per heavy atom. The van der Waals surface area contributed by atoms with Crippen molar-refractivity contribution in [3.05, 3.63) is 0 Å². The first-order chi connectivity index (χ1) is 11.7. The van der Waals surface area contributed by atoms with Gasteiger partial charge in [-0.3, -0.25) is 14.4 Å². The van der Waals surface area contributed by atoms with E-state index >= 15 is 0 Å². The van der Waals surface area contributed by atoms with E-state index in [0.717, 1.165) is 32.1 Å². The van der Waals surface area contributed by atoms with Gasteiger partial charge < -0.3 is 14.2 Å². The van der Waals surface area contributed by atoms with Gasteiger partial charge in [-0.25, -0.2) is 0 Å². The predicted molar refractivity (Wildman–Crippen MR) is 95.0 cm³/mol. The fourth-order valence-electron chi connectivity index (χ4n) is 2.06. The second kappa shape index (κ2) is 13.7. The van der Waals surface area contributed by atoms with Crippen molar-refractivity contribution < 1.29 is 28.6 Å². The van der Waals surface area contributed by atoms with E-state index in [1.165, 1.54) is 0 Å². The summed E-state index contributed by atoms with van der Waals surface area (Å²) in [6.45, 7) is 8.22. The van der Waals surface area contributed by atoms with Crippen LogP contribution in [0.5, 0.6) is 0 Å². The molecule has 0 unspecified atom stereocenters. The van der Waals surface area contributed by atoms with Crippen LogP contribution in [-0.4, -0.2) is 36.7 Å². The van der Waals surface area contributed by atoms with E-state index in [0.29, 0.717) is 25.9 Å². The topological polar surface area (TPSA) is 78.9 Å². The molecule has 0 amide bonds. The summed E-state index contributed by atoms with van der Waals surface area (Å²) in [5.74, 6) is -1.32. The molecule has 6 heteroatoms. The molecule has 0 atom stereocenters. The molecular weight excluding hydrogens is 324 g/mol. The number of hydrogen-bond acceptors (Lipinski definition) is 6. The fraction of sp³-hybridized carbons (Fsp3) is 0.842. The smallest absolute Gasteiger partial charge is 0.317 e. The van der Waals surface area contributed by atoms with Crippen LogP contribution < -0.4 is 0 Å². The van der Waals surface area contributed by atoms with E-state index in [-0.39, 0.29) is 19.0 Å². The van der Waals surface area contributed by atoms with Crippen molar-refractivity contribution in [2.75, 3.05) is 13.2 Å². The van der Waals surface area contributed by atoms with Gasteiger partial charge in [-0.05, 0) is 46.5 Å². The number of hydrogen-bond donors (Lipinski definition) is 0. The predicted octanol–water partition coefficient (Wildman–Crippen LogP) is 3.95. The zero-order valence-electron chi connectivity index (χ0n) is 16.2. The quantitative estimate of drug-likeness (QED) is 0.215. The highest BCUT2D eigenvalue weighted by atomic mass is 16.6. The summed E-state index contributed by atoms with van der Waals surface area (Å²) < 4.78 is 15.2. The average Bonchev–Trinajstić information content (AvgIpc) is 2.48. The molecule has 0 aromatic carbocycles. The largest absolute Gasteiger partial charge is 0.465 e. The monoisotopic (exact) mass is 358 g/mol. The molecule has 0 N–H and O–H groups in total. The van der Waals surface area contributed by atoms with E-state index < -0.39 is 17.5 Å². The molecule has 6 nitrogen and oxygen atoms in total. The molecule has 0 aliphatic heterocycles. The van der Waals surface area contributed by atoms with E-state index in [2.05, 4.69) is 6.92 Å². The SMILES string of the molecule is CCCCCCOC(=O)CC(=O)OCCCCCC(=O)OC(C)(C)C.